The lowest BCUT2D eigenvalue weighted by Crippen LogP contribution is -2.33. The zero-order valence-electron chi connectivity index (χ0n) is 11.2. The fourth-order valence-corrected chi connectivity index (χ4v) is 2.49. The van der Waals surface area contributed by atoms with Crippen LogP contribution in [0.25, 0.3) is 0 Å². The number of hydrogen-bond donors (Lipinski definition) is 2. The summed E-state index contributed by atoms with van der Waals surface area (Å²) in [4.78, 5) is 11.2. The zero-order chi connectivity index (χ0) is 13.7. The number of rotatable bonds is 5. The molecule has 0 radical (unpaired) electrons. The molecule has 19 heavy (non-hydrogen) atoms. The number of carbonyl (C=O) groups is 1. The second-order valence-corrected chi connectivity index (χ2v) is 5.00. The molecule has 0 aromatic carbocycles. The molecule has 1 heterocycles. The van der Waals surface area contributed by atoms with Crippen LogP contribution < -0.4 is 5.32 Å². The largest absolute Gasteiger partial charge is 0.463 e. The van der Waals surface area contributed by atoms with E-state index in [1.165, 1.54) is 13.5 Å². The summed E-state index contributed by atoms with van der Waals surface area (Å²) in [6.45, 7) is 1.33. The zero-order valence-corrected chi connectivity index (χ0v) is 11.2. The molecule has 1 aliphatic rings. The highest BCUT2D eigenvalue weighted by Crippen LogP contribution is 2.23. The molecule has 0 saturated heterocycles. The van der Waals surface area contributed by atoms with E-state index in [1.54, 1.807) is 12.1 Å². The van der Waals surface area contributed by atoms with Crippen molar-refractivity contribution in [1.82, 2.24) is 5.32 Å². The van der Waals surface area contributed by atoms with Gasteiger partial charge in [-0.15, -0.1) is 0 Å². The van der Waals surface area contributed by atoms with Crippen molar-refractivity contribution < 1.29 is 19.1 Å². The predicted octanol–water partition coefficient (Wildman–Crippen LogP) is 1.71. The highest BCUT2D eigenvalue weighted by molar-refractivity contribution is 5.86. The molecule has 0 spiro atoms. The van der Waals surface area contributed by atoms with Crippen molar-refractivity contribution in [1.29, 1.82) is 0 Å². The number of hydrogen-bond acceptors (Lipinski definition) is 5. The van der Waals surface area contributed by atoms with Crippen LogP contribution in [0.1, 0.15) is 42.0 Å². The maximum atomic E-state index is 11.2. The van der Waals surface area contributed by atoms with E-state index in [-0.39, 0.29) is 11.9 Å². The van der Waals surface area contributed by atoms with Crippen molar-refractivity contribution in [2.24, 2.45) is 5.92 Å². The number of esters is 1. The van der Waals surface area contributed by atoms with Gasteiger partial charge in [-0.1, -0.05) is 12.8 Å². The average Bonchev–Trinajstić information content (AvgIpc) is 2.89. The van der Waals surface area contributed by atoms with Crippen LogP contribution in [0.2, 0.25) is 0 Å². The van der Waals surface area contributed by atoms with Gasteiger partial charge in [0.25, 0.3) is 0 Å². The van der Waals surface area contributed by atoms with Gasteiger partial charge in [-0.25, -0.2) is 4.79 Å². The van der Waals surface area contributed by atoms with E-state index < -0.39 is 5.97 Å². The number of furan rings is 1. The van der Waals surface area contributed by atoms with E-state index in [9.17, 15) is 9.90 Å². The topological polar surface area (TPSA) is 71.7 Å². The third-order valence-electron chi connectivity index (χ3n) is 3.62. The lowest BCUT2D eigenvalue weighted by molar-refractivity contribution is 0.0562. The molecule has 2 rings (SSSR count). The molecule has 2 atom stereocenters. The second kappa shape index (κ2) is 6.73. The molecule has 1 saturated carbocycles. The first-order chi connectivity index (χ1) is 9.20. The number of aliphatic hydroxyl groups excluding tert-OH is 1. The third kappa shape index (κ3) is 3.81. The van der Waals surface area contributed by atoms with Crippen molar-refractivity contribution in [3.05, 3.63) is 23.7 Å². The van der Waals surface area contributed by atoms with Crippen molar-refractivity contribution in [2.75, 3.05) is 13.7 Å². The first kappa shape index (κ1) is 14.1. The molecule has 5 nitrogen and oxygen atoms in total. The Bertz CT molecular complexity index is 415. The Kier molecular flexibility index (Phi) is 4.99. The summed E-state index contributed by atoms with van der Waals surface area (Å²) < 4.78 is 9.93. The Morgan fingerprint density at radius 3 is 3.00 bits per heavy atom. The highest BCUT2D eigenvalue weighted by Gasteiger charge is 2.22. The van der Waals surface area contributed by atoms with Crippen molar-refractivity contribution in [3.63, 3.8) is 0 Å². The van der Waals surface area contributed by atoms with Crippen molar-refractivity contribution in [3.8, 4) is 0 Å². The summed E-state index contributed by atoms with van der Waals surface area (Å²) in [5.74, 6) is 0.778. The fourth-order valence-electron chi connectivity index (χ4n) is 2.49. The quantitative estimate of drug-likeness (QED) is 0.795. The molecule has 2 N–H and O–H groups in total. The van der Waals surface area contributed by atoms with Gasteiger partial charge in [0.05, 0.1) is 19.8 Å². The first-order valence-corrected chi connectivity index (χ1v) is 6.76. The third-order valence-corrected chi connectivity index (χ3v) is 3.62. The second-order valence-electron chi connectivity index (χ2n) is 5.00. The maximum Gasteiger partial charge on any atom is 0.373 e. The molecular formula is C14H21NO4. The predicted molar refractivity (Wildman–Crippen MR) is 69.7 cm³/mol. The Morgan fingerprint density at radius 2 is 2.26 bits per heavy atom. The van der Waals surface area contributed by atoms with Gasteiger partial charge in [-0.05, 0) is 30.9 Å². The molecule has 1 aromatic heterocycles. The number of aliphatic hydroxyl groups is 1. The van der Waals surface area contributed by atoms with E-state index in [0.29, 0.717) is 18.2 Å². The Balaban J connectivity index is 1.76. The first-order valence-electron chi connectivity index (χ1n) is 6.76. The molecule has 5 heteroatoms. The molecule has 106 valence electrons. The SMILES string of the molecule is COC(=O)c1ccc(CNCC2CCCCC2O)o1. The maximum absolute atomic E-state index is 11.2. The van der Waals surface area contributed by atoms with E-state index in [0.717, 1.165) is 25.8 Å². The van der Waals surface area contributed by atoms with E-state index in [4.69, 9.17) is 4.42 Å². The summed E-state index contributed by atoms with van der Waals surface area (Å²) in [6, 6.07) is 3.37. The number of ether oxygens (including phenoxy) is 1. The number of carbonyl (C=O) groups excluding carboxylic acids is 1. The van der Waals surface area contributed by atoms with Gasteiger partial charge in [0, 0.05) is 6.54 Å². The smallest absolute Gasteiger partial charge is 0.373 e. The van der Waals surface area contributed by atoms with Gasteiger partial charge in [0.2, 0.25) is 5.76 Å². The van der Waals surface area contributed by atoms with Gasteiger partial charge in [-0.2, -0.15) is 0 Å². The highest BCUT2D eigenvalue weighted by atomic mass is 16.5. The number of methoxy groups -OCH3 is 1. The summed E-state index contributed by atoms with van der Waals surface area (Å²) in [7, 11) is 1.33. The van der Waals surface area contributed by atoms with Crippen LogP contribution in [-0.2, 0) is 11.3 Å². The standard InChI is InChI=1S/C14H21NO4/c1-18-14(17)13-7-6-11(19-13)9-15-8-10-4-2-3-5-12(10)16/h6-7,10,12,15-16H,2-5,8-9H2,1H3. The fraction of sp³-hybridized carbons (Fsp3) is 0.643. The van der Waals surface area contributed by atoms with Crippen molar-refractivity contribution in [2.45, 2.75) is 38.3 Å². The Labute approximate surface area is 112 Å². The molecule has 1 fully saturated rings. The van der Waals surface area contributed by atoms with Crippen LogP contribution in [0.15, 0.2) is 16.5 Å². The van der Waals surface area contributed by atoms with Crippen molar-refractivity contribution >= 4 is 5.97 Å². The summed E-state index contributed by atoms with van der Waals surface area (Å²) >= 11 is 0. The minimum Gasteiger partial charge on any atom is -0.463 e. The molecule has 0 amide bonds. The van der Waals surface area contributed by atoms with Gasteiger partial charge >= 0.3 is 5.97 Å². The van der Waals surface area contributed by atoms with Gasteiger partial charge in [0.1, 0.15) is 5.76 Å². The van der Waals surface area contributed by atoms with E-state index in [1.807, 2.05) is 0 Å². The minimum atomic E-state index is -0.464. The number of nitrogens with one attached hydrogen (secondary N) is 1. The summed E-state index contributed by atoms with van der Waals surface area (Å²) in [5, 5.41) is 13.1. The van der Waals surface area contributed by atoms with Gasteiger partial charge < -0.3 is 19.6 Å². The normalized spacial score (nSPS) is 23.3. The van der Waals surface area contributed by atoms with Crippen LogP contribution in [0.3, 0.4) is 0 Å². The molecule has 0 aliphatic heterocycles. The van der Waals surface area contributed by atoms with Crippen LogP contribution in [-0.4, -0.2) is 30.8 Å². The lowest BCUT2D eigenvalue weighted by atomic mass is 9.86. The Hall–Kier alpha value is -1.33. The monoisotopic (exact) mass is 267 g/mol. The van der Waals surface area contributed by atoms with Gasteiger partial charge in [0.15, 0.2) is 0 Å². The lowest BCUT2D eigenvalue weighted by Gasteiger charge is -2.27. The Morgan fingerprint density at radius 1 is 1.47 bits per heavy atom. The molecule has 0 bridgehead atoms. The summed E-state index contributed by atoms with van der Waals surface area (Å²) in [5.41, 5.74) is 0. The van der Waals surface area contributed by atoms with E-state index >= 15 is 0 Å². The average molecular weight is 267 g/mol. The van der Waals surface area contributed by atoms with Crippen LogP contribution in [0.5, 0.6) is 0 Å². The van der Waals surface area contributed by atoms with Crippen LogP contribution in [0.4, 0.5) is 0 Å². The molecule has 2 unspecified atom stereocenters. The van der Waals surface area contributed by atoms with E-state index in [2.05, 4.69) is 10.1 Å². The molecule has 1 aromatic rings. The van der Waals surface area contributed by atoms with Crippen LogP contribution in [0, 0.1) is 5.92 Å². The molecular weight excluding hydrogens is 246 g/mol. The minimum absolute atomic E-state index is 0.191. The molecule has 1 aliphatic carbocycles. The van der Waals surface area contributed by atoms with Crippen LogP contribution >= 0.6 is 0 Å². The van der Waals surface area contributed by atoms with Gasteiger partial charge in [-0.3, -0.25) is 0 Å². The summed E-state index contributed by atoms with van der Waals surface area (Å²) in [6.07, 6.45) is 4.09.